The molecule has 2 aromatic heterocycles. The van der Waals surface area contributed by atoms with Crippen molar-refractivity contribution in [2.24, 2.45) is 0 Å². The summed E-state index contributed by atoms with van der Waals surface area (Å²) in [5.74, 6) is 2.40. The lowest BCUT2D eigenvalue weighted by Gasteiger charge is -2.35. The molecule has 1 aliphatic carbocycles. The summed E-state index contributed by atoms with van der Waals surface area (Å²) in [6.45, 7) is 3.16. The van der Waals surface area contributed by atoms with E-state index < -0.39 is 0 Å². The number of anilines is 2. The molecule has 1 atom stereocenters. The van der Waals surface area contributed by atoms with E-state index in [4.69, 9.17) is 9.72 Å². The highest BCUT2D eigenvalue weighted by molar-refractivity contribution is 5.98. The second-order valence-electron chi connectivity index (χ2n) is 7.82. The highest BCUT2D eigenvalue weighted by Crippen LogP contribution is 2.36. The number of hydrogen-bond acceptors (Lipinski definition) is 8. The summed E-state index contributed by atoms with van der Waals surface area (Å²) in [5.41, 5.74) is 2.53. The quantitative estimate of drug-likeness (QED) is 0.642. The summed E-state index contributed by atoms with van der Waals surface area (Å²) < 4.78 is 5.52. The first-order chi connectivity index (χ1) is 15.2. The van der Waals surface area contributed by atoms with Crippen LogP contribution in [0.1, 0.15) is 34.0 Å². The molecule has 1 saturated heterocycles. The van der Waals surface area contributed by atoms with Crippen LogP contribution in [0.2, 0.25) is 0 Å². The summed E-state index contributed by atoms with van der Waals surface area (Å²) in [5, 5.41) is 0. The average molecular weight is 416 g/mol. The minimum absolute atomic E-state index is 0.0611. The van der Waals surface area contributed by atoms with Gasteiger partial charge in [-0.05, 0) is 24.1 Å². The van der Waals surface area contributed by atoms with E-state index in [9.17, 15) is 4.79 Å². The van der Waals surface area contributed by atoms with E-state index in [0.717, 1.165) is 49.1 Å². The number of piperazine rings is 1. The molecule has 2 aliphatic rings. The van der Waals surface area contributed by atoms with Crippen molar-refractivity contribution in [3.05, 3.63) is 65.7 Å². The number of hydrogen-bond donors (Lipinski definition) is 0. The van der Waals surface area contributed by atoms with Gasteiger partial charge in [0, 0.05) is 57.1 Å². The lowest BCUT2D eigenvalue weighted by atomic mass is 9.82. The number of carbonyl (C=O) groups is 1. The summed E-state index contributed by atoms with van der Waals surface area (Å²) in [7, 11) is 1.66. The first kappa shape index (κ1) is 19.4. The van der Waals surface area contributed by atoms with Crippen molar-refractivity contribution in [1.29, 1.82) is 0 Å². The van der Waals surface area contributed by atoms with Crippen molar-refractivity contribution in [2.75, 3.05) is 43.1 Å². The number of Topliss-reactive ketones (excluding diaryl/α,β-unsaturated/α-hetero) is 1. The number of ether oxygens (including phenoxy) is 1. The van der Waals surface area contributed by atoms with Gasteiger partial charge in [0.15, 0.2) is 5.78 Å². The minimum Gasteiger partial charge on any atom is -0.496 e. The van der Waals surface area contributed by atoms with Crippen LogP contribution < -0.4 is 14.5 Å². The highest BCUT2D eigenvalue weighted by atomic mass is 16.5. The molecule has 3 heterocycles. The topological polar surface area (TPSA) is 84.3 Å². The molecule has 3 aromatic rings. The average Bonchev–Trinajstić information content (AvgIpc) is 2.84. The number of rotatable bonds is 4. The fourth-order valence-corrected chi connectivity index (χ4v) is 4.37. The Morgan fingerprint density at radius 3 is 2.35 bits per heavy atom. The zero-order chi connectivity index (χ0) is 21.2. The van der Waals surface area contributed by atoms with Crippen LogP contribution in [-0.4, -0.2) is 59.0 Å². The molecule has 0 N–H and O–H groups in total. The highest BCUT2D eigenvalue weighted by Gasteiger charge is 2.30. The van der Waals surface area contributed by atoms with Gasteiger partial charge in [0.05, 0.1) is 18.4 Å². The maximum absolute atomic E-state index is 12.8. The van der Waals surface area contributed by atoms with Crippen molar-refractivity contribution in [3.63, 3.8) is 0 Å². The second kappa shape index (κ2) is 8.29. The monoisotopic (exact) mass is 416 g/mol. The fraction of sp³-hybridized carbons (Fsp3) is 0.348. The Labute approximate surface area is 180 Å². The van der Waals surface area contributed by atoms with Gasteiger partial charge in [-0.1, -0.05) is 18.2 Å². The predicted octanol–water partition coefficient (Wildman–Crippen LogP) is 2.51. The van der Waals surface area contributed by atoms with Crippen molar-refractivity contribution < 1.29 is 9.53 Å². The zero-order valence-electron chi connectivity index (χ0n) is 17.4. The van der Waals surface area contributed by atoms with E-state index in [-0.39, 0.29) is 11.7 Å². The summed E-state index contributed by atoms with van der Waals surface area (Å²) >= 11 is 0. The van der Waals surface area contributed by atoms with Gasteiger partial charge in [-0.3, -0.25) is 4.79 Å². The summed E-state index contributed by atoms with van der Waals surface area (Å²) in [6.07, 6.45) is 6.37. The van der Waals surface area contributed by atoms with Crippen LogP contribution in [0.3, 0.4) is 0 Å². The molecule has 158 valence electrons. The largest absolute Gasteiger partial charge is 0.496 e. The Hall–Kier alpha value is -3.55. The molecule has 0 saturated carbocycles. The van der Waals surface area contributed by atoms with Crippen LogP contribution in [0.4, 0.5) is 11.9 Å². The third kappa shape index (κ3) is 3.81. The lowest BCUT2D eigenvalue weighted by molar-refractivity contribution is 0.0962. The van der Waals surface area contributed by atoms with Crippen LogP contribution in [0, 0.1) is 0 Å². The van der Waals surface area contributed by atoms with Gasteiger partial charge in [-0.15, -0.1) is 0 Å². The van der Waals surface area contributed by atoms with Crippen LogP contribution in [0.5, 0.6) is 5.75 Å². The molecule has 0 unspecified atom stereocenters. The molecule has 5 rings (SSSR count). The third-order valence-electron chi connectivity index (χ3n) is 6.00. The van der Waals surface area contributed by atoms with E-state index >= 15 is 0 Å². The smallest absolute Gasteiger partial charge is 0.225 e. The van der Waals surface area contributed by atoms with Crippen LogP contribution in [0.25, 0.3) is 0 Å². The molecule has 1 aliphatic heterocycles. The van der Waals surface area contributed by atoms with Crippen molar-refractivity contribution >= 4 is 17.7 Å². The predicted molar refractivity (Wildman–Crippen MR) is 117 cm³/mol. The van der Waals surface area contributed by atoms with E-state index in [1.807, 2.05) is 30.3 Å². The van der Waals surface area contributed by atoms with Crippen LogP contribution >= 0.6 is 0 Å². The lowest BCUT2D eigenvalue weighted by Crippen LogP contribution is -2.47. The number of para-hydroxylation sites is 1. The molecular formula is C23H24N6O2. The first-order valence-electron chi connectivity index (χ1n) is 10.5. The van der Waals surface area contributed by atoms with Crippen molar-refractivity contribution in [1.82, 2.24) is 19.9 Å². The first-order valence-corrected chi connectivity index (χ1v) is 10.5. The molecule has 0 spiro atoms. The van der Waals surface area contributed by atoms with Crippen LogP contribution in [0.15, 0.2) is 48.9 Å². The van der Waals surface area contributed by atoms with Gasteiger partial charge in [0.25, 0.3) is 0 Å². The Bertz CT molecular complexity index is 1080. The Morgan fingerprint density at radius 1 is 0.903 bits per heavy atom. The molecule has 0 bridgehead atoms. The standard InChI is InChI=1S/C23H24N6O2/c1-31-21-6-3-2-5-17(21)16-13-19-18(20(30)14-16)15-26-23(27-19)29-11-9-28(10-12-29)22-24-7-4-8-25-22/h2-8,15-16H,9-14H2,1H3/t16-/m1/s1. The molecule has 1 aromatic carbocycles. The minimum atomic E-state index is 0.0611. The van der Waals surface area contributed by atoms with E-state index in [1.165, 1.54) is 0 Å². The van der Waals surface area contributed by atoms with E-state index in [1.54, 1.807) is 25.7 Å². The fourth-order valence-electron chi connectivity index (χ4n) is 4.37. The molecule has 8 nitrogen and oxygen atoms in total. The van der Waals surface area contributed by atoms with Gasteiger partial charge >= 0.3 is 0 Å². The van der Waals surface area contributed by atoms with Crippen LogP contribution in [-0.2, 0) is 6.42 Å². The Balaban J connectivity index is 1.34. The summed E-state index contributed by atoms with van der Waals surface area (Å²) in [4.78, 5) is 35.1. The van der Waals surface area contributed by atoms with E-state index in [0.29, 0.717) is 24.4 Å². The number of methoxy groups -OCH3 is 1. The number of aromatic nitrogens is 4. The molecular weight excluding hydrogens is 392 g/mol. The van der Waals surface area contributed by atoms with Gasteiger partial charge < -0.3 is 14.5 Å². The SMILES string of the molecule is COc1ccccc1[C@H]1CC(=O)c2cnc(N3CCN(c4ncccn4)CC3)nc2C1. The second-order valence-corrected chi connectivity index (χ2v) is 7.82. The number of carbonyl (C=O) groups excluding carboxylic acids is 1. The van der Waals surface area contributed by atoms with Gasteiger partial charge in [0.1, 0.15) is 5.75 Å². The Morgan fingerprint density at radius 2 is 1.61 bits per heavy atom. The van der Waals surface area contributed by atoms with Gasteiger partial charge in [0.2, 0.25) is 11.9 Å². The maximum Gasteiger partial charge on any atom is 0.225 e. The molecule has 0 amide bonds. The third-order valence-corrected chi connectivity index (χ3v) is 6.00. The zero-order valence-corrected chi connectivity index (χ0v) is 17.4. The number of ketones is 1. The molecule has 31 heavy (non-hydrogen) atoms. The van der Waals surface area contributed by atoms with E-state index in [2.05, 4.69) is 24.8 Å². The van der Waals surface area contributed by atoms with Gasteiger partial charge in [-0.2, -0.15) is 0 Å². The summed E-state index contributed by atoms with van der Waals surface area (Å²) in [6, 6.07) is 9.73. The number of fused-ring (bicyclic) bond motifs is 1. The number of benzene rings is 1. The normalized spacial score (nSPS) is 18.6. The maximum atomic E-state index is 12.8. The molecule has 0 radical (unpaired) electrons. The molecule has 1 fully saturated rings. The molecule has 8 heteroatoms. The Kier molecular flexibility index (Phi) is 5.19. The van der Waals surface area contributed by atoms with Crippen molar-refractivity contribution in [3.8, 4) is 5.75 Å². The number of nitrogens with zero attached hydrogens (tertiary/aromatic N) is 6. The van der Waals surface area contributed by atoms with Gasteiger partial charge in [-0.25, -0.2) is 19.9 Å². The van der Waals surface area contributed by atoms with Crippen molar-refractivity contribution in [2.45, 2.75) is 18.8 Å².